The molecular weight excluding hydrogens is 361 g/mol. The van der Waals surface area contributed by atoms with Crippen molar-refractivity contribution in [2.45, 2.75) is 38.4 Å². The molecule has 2 aliphatic heterocycles. The summed E-state index contributed by atoms with van der Waals surface area (Å²) in [5.41, 5.74) is 0.551. The minimum atomic E-state index is -0.713. The molecule has 138 valence electrons. The van der Waals surface area contributed by atoms with Crippen LogP contribution in [0.4, 0.5) is 9.59 Å². The first-order chi connectivity index (χ1) is 12.5. The van der Waals surface area contributed by atoms with Crippen molar-refractivity contribution >= 4 is 41.8 Å². The first kappa shape index (κ1) is 18.5. The summed E-state index contributed by atoms with van der Waals surface area (Å²) < 4.78 is 19.0. The normalized spacial score (nSPS) is 15.3. The van der Waals surface area contributed by atoms with Gasteiger partial charge in [-0.3, -0.25) is 14.4 Å². The summed E-state index contributed by atoms with van der Waals surface area (Å²) in [7, 11) is -0.476. The number of carbonyl (C=O) groups excluding carboxylic acids is 2. The maximum atomic E-state index is 12.5. The molecule has 4 heterocycles. The predicted molar refractivity (Wildman–Crippen MR) is 95.9 cm³/mol. The van der Waals surface area contributed by atoms with E-state index in [9.17, 15) is 14.4 Å². The smallest absolute Gasteiger partial charge is 0.392 e. The van der Waals surface area contributed by atoms with Gasteiger partial charge >= 0.3 is 7.28 Å². The molecule has 0 aromatic carbocycles. The van der Waals surface area contributed by atoms with Gasteiger partial charge in [0.1, 0.15) is 11.5 Å². The van der Waals surface area contributed by atoms with Gasteiger partial charge in [-0.05, 0) is 31.7 Å². The maximum Gasteiger partial charge on any atom is 0.392 e. The highest BCUT2D eigenvalue weighted by atomic mass is 32.2. The van der Waals surface area contributed by atoms with Crippen molar-refractivity contribution in [1.29, 1.82) is 0 Å². The molecule has 9 nitrogen and oxygen atoms in total. The van der Waals surface area contributed by atoms with Crippen molar-refractivity contribution in [2.24, 2.45) is 0 Å². The van der Waals surface area contributed by atoms with Crippen molar-refractivity contribution in [3.05, 3.63) is 22.6 Å². The van der Waals surface area contributed by atoms with Crippen LogP contribution in [0.25, 0.3) is 11.0 Å². The maximum absolute atomic E-state index is 12.5. The van der Waals surface area contributed by atoms with Crippen LogP contribution in [0.1, 0.15) is 13.8 Å². The fourth-order valence-corrected chi connectivity index (χ4v) is 3.33. The van der Waals surface area contributed by atoms with Gasteiger partial charge in [0.25, 0.3) is 17.3 Å². The van der Waals surface area contributed by atoms with Gasteiger partial charge in [-0.15, -0.1) is 0 Å². The Labute approximate surface area is 153 Å². The van der Waals surface area contributed by atoms with Gasteiger partial charge in [0, 0.05) is 12.7 Å². The zero-order valence-electron chi connectivity index (χ0n) is 14.5. The fourth-order valence-electron chi connectivity index (χ4n) is 2.54. The Morgan fingerprint density at radius 2 is 2.08 bits per heavy atom. The van der Waals surface area contributed by atoms with Crippen molar-refractivity contribution < 1.29 is 23.8 Å². The van der Waals surface area contributed by atoms with Crippen molar-refractivity contribution in [2.75, 3.05) is 12.5 Å². The number of carbonyl (C=O) groups is 2. The topological polar surface area (TPSA) is 102 Å². The van der Waals surface area contributed by atoms with E-state index in [1.165, 1.54) is 4.57 Å². The minimum Gasteiger partial charge on any atom is -0.462 e. The molecule has 0 amide bonds. The molecule has 0 unspecified atom stereocenters. The van der Waals surface area contributed by atoms with Crippen LogP contribution >= 0.6 is 11.8 Å². The summed E-state index contributed by atoms with van der Waals surface area (Å²) in [5, 5.41) is 0.423. The van der Waals surface area contributed by atoms with Gasteiger partial charge in [-0.2, -0.15) is 4.98 Å². The lowest BCUT2D eigenvalue weighted by atomic mass is 9.79. The minimum absolute atomic E-state index is 0.0597. The number of thioether (sulfide) groups is 1. The number of rotatable bonds is 4. The Kier molecular flexibility index (Phi) is 5.67. The molecule has 4 rings (SSSR count). The summed E-state index contributed by atoms with van der Waals surface area (Å²) in [4.78, 5) is 39.9. The summed E-state index contributed by atoms with van der Waals surface area (Å²) in [6.45, 7) is 4.61. The standard InChI is InChI=1S/C15H18BN3O6S/c1-9(2)23-6-5-19-10-3-4-18-7-24-13(21)16-14(22)25-8-26-15(19)17-12(20)11(10)18/h3-4,9,16H,5-8H2,1-2H3. The highest BCUT2D eigenvalue weighted by Gasteiger charge is 2.20. The molecule has 0 saturated heterocycles. The molecule has 11 heteroatoms. The average molecular weight is 379 g/mol. The Morgan fingerprint density at radius 3 is 2.85 bits per heavy atom. The number of fused-ring (bicyclic) bond motifs is 8. The molecule has 2 aromatic heterocycles. The van der Waals surface area contributed by atoms with Crippen molar-refractivity contribution in [3.8, 4) is 0 Å². The van der Waals surface area contributed by atoms with Crippen LogP contribution in [0.2, 0.25) is 0 Å². The van der Waals surface area contributed by atoms with Crippen LogP contribution < -0.4 is 5.56 Å². The lowest BCUT2D eigenvalue weighted by Crippen LogP contribution is -2.23. The number of aromatic nitrogens is 3. The van der Waals surface area contributed by atoms with Gasteiger partial charge in [-0.1, -0.05) is 0 Å². The van der Waals surface area contributed by atoms with E-state index >= 15 is 0 Å². The van der Waals surface area contributed by atoms with Crippen LogP contribution in [-0.4, -0.2) is 51.8 Å². The zero-order chi connectivity index (χ0) is 18.7. The quantitative estimate of drug-likeness (QED) is 0.580. The van der Waals surface area contributed by atoms with Gasteiger partial charge in [0.05, 0.1) is 18.2 Å². The second-order valence-electron chi connectivity index (χ2n) is 5.89. The molecule has 2 aromatic rings. The van der Waals surface area contributed by atoms with E-state index in [2.05, 4.69) is 4.98 Å². The number of hydrogen-bond acceptors (Lipinski definition) is 8. The van der Waals surface area contributed by atoms with E-state index in [1.54, 1.807) is 12.3 Å². The summed E-state index contributed by atoms with van der Waals surface area (Å²) in [6.07, 6.45) is 1.73. The lowest BCUT2D eigenvalue weighted by Gasteiger charge is -2.15. The first-order valence-corrected chi connectivity index (χ1v) is 9.09. The van der Waals surface area contributed by atoms with Gasteiger partial charge in [0.15, 0.2) is 11.9 Å². The largest absolute Gasteiger partial charge is 0.462 e. The van der Waals surface area contributed by atoms with Crippen LogP contribution in [0.3, 0.4) is 0 Å². The molecule has 0 spiro atoms. The van der Waals surface area contributed by atoms with Gasteiger partial charge < -0.3 is 23.3 Å². The van der Waals surface area contributed by atoms with Crippen LogP contribution in [-0.2, 0) is 27.5 Å². The van der Waals surface area contributed by atoms with Gasteiger partial charge in [-0.25, -0.2) is 0 Å². The molecular formula is C15H18BN3O6S. The molecule has 0 atom stereocenters. The number of hydrogen-bond donors (Lipinski definition) is 0. The van der Waals surface area contributed by atoms with E-state index in [0.29, 0.717) is 29.3 Å². The summed E-state index contributed by atoms with van der Waals surface area (Å²) in [5.74, 6) is -1.46. The second-order valence-corrected chi connectivity index (χ2v) is 6.78. The van der Waals surface area contributed by atoms with E-state index < -0.39 is 24.6 Å². The molecule has 26 heavy (non-hydrogen) atoms. The van der Waals surface area contributed by atoms with Crippen molar-refractivity contribution in [3.63, 3.8) is 0 Å². The third-order valence-electron chi connectivity index (χ3n) is 3.69. The Hall–Kier alpha value is -2.27. The molecule has 4 bridgehead atoms. The van der Waals surface area contributed by atoms with E-state index in [-0.39, 0.29) is 18.8 Å². The molecule has 0 N–H and O–H groups in total. The van der Waals surface area contributed by atoms with E-state index in [1.807, 2.05) is 18.4 Å². The fraction of sp³-hybridized carbons (Fsp3) is 0.467. The second kappa shape index (κ2) is 7.96. The Bertz CT molecular complexity index is 893. The third-order valence-corrected chi connectivity index (χ3v) is 4.50. The zero-order valence-corrected chi connectivity index (χ0v) is 15.3. The molecule has 0 saturated carbocycles. The molecule has 2 aliphatic rings. The van der Waals surface area contributed by atoms with Crippen LogP contribution in [0, 0.1) is 0 Å². The predicted octanol–water partition coefficient (Wildman–Crippen LogP) is 1.35. The summed E-state index contributed by atoms with van der Waals surface area (Å²) >= 11 is 1.11. The Morgan fingerprint density at radius 1 is 1.31 bits per heavy atom. The first-order valence-electron chi connectivity index (χ1n) is 8.11. The lowest BCUT2D eigenvalue weighted by molar-refractivity contribution is 0.0719. The molecule has 0 aliphatic carbocycles. The highest BCUT2D eigenvalue weighted by Crippen LogP contribution is 2.21. The number of ether oxygens (including phenoxy) is 3. The Balaban J connectivity index is 2.03. The van der Waals surface area contributed by atoms with Gasteiger partial charge in [0.2, 0.25) is 0 Å². The van der Waals surface area contributed by atoms with E-state index in [4.69, 9.17) is 14.2 Å². The summed E-state index contributed by atoms with van der Waals surface area (Å²) in [6, 6.07) is 1.77. The van der Waals surface area contributed by atoms with Crippen molar-refractivity contribution in [1.82, 2.24) is 14.1 Å². The SMILES string of the molecule is CC(C)OCCn1c2nc(=O)c3c1ccn3COC(=O)BC(=O)OCS2. The average Bonchev–Trinajstić information content (AvgIpc) is 2.99. The highest BCUT2D eigenvalue weighted by molar-refractivity contribution is 7.99. The van der Waals surface area contributed by atoms with Crippen LogP contribution in [0.15, 0.2) is 22.2 Å². The van der Waals surface area contributed by atoms with E-state index in [0.717, 1.165) is 11.8 Å². The monoisotopic (exact) mass is 379 g/mol. The molecule has 0 radical (unpaired) electrons. The third kappa shape index (κ3) is 4.10. The number of nitrogens with zero attached hydrogens (tertiary/aromatic N) is 3. The van der Waals surface area contributed by atoms with Crippen LogP contribution in [0.5, 0.6) is 0 Å². The molecule has 0 fully saturated rings.